The number of benzene rings is 4. The van der Waals surface area contributed by atoms with Gasteiger partial charge in [-0.25, -0.2) is 4.79 Å². The van der Waals surface area contributed by atoms with Crippen molar-refractivity contribution in [3.8, 4) is 0 Å². The molecule has 0 heterocycles. The van der Waals surface area contributed by atoms with Crippen LogP contribution in [0.2, 0.25) is 0 Å². The van der Waals surface area contributed by atoms with Crippen molar-refractivity contribution in [2.75, 3.05) is 19.8 Å². The Morgan fingerprint density at radius 2 is 1.16 bits per heavy atom. The SMILES string of the molecule is C=CC(=O)OCCCC.C=Cc1ccccc1.CCCCOC(=O)C(C)CCC(CC)c1ccccc1.CCOC(=O)C(SC(=S)c1ccccc1)c1ccccc1. The Bertz CT molecular complexity index is 1700. The first-order chi connectivity index (χ1) is 28.1. The molecular formula is C50H64O6S2. The molecule has 0 radical (unpaired) electrons. The smallest absolute Gasteiger partial charge is 0.330 e. The molecule has 0 aliphatic rings. The molecule has 3 unspecified atom stereocenters. The number of thioether (sulfide) groups is 1. The Morgan fingerprint density at radius 3 is 1.62 bits per heavy atom. The molecule has 0 fully saturated rings. The maximum atomic E-state index is 12.2. The van der Waals surface area contributed by atoms with Gasteiger partial charge < -0.3 is 14.2 Å². The summed E-state index contributed by atoms with van der Waals surface area (Å²) < 4.78 is 15.8. The van der Waals surface area contributed by atoms with E-state index < -0.39 is 5.25 Å². The van der Waals surface area contributed by atoms with Crippen molar-refractivity contribution in [3.63, 3.8) is 0 Å². The van der Waals surface area contributed by atoms with Crippen LogP contribution in [0.15, 0.2) is 141 Å². The van der Waals surface area contributed by atoms with E-state index in [0.717, 1.165) is 56.1 Å². The lowest BCUT2D eigenvalue weighted by atomic mass is 9.89. The summed E-state index contributed by atoms with van der Waals surface area (Å²) in [5.74, 6) is -0.0801. The topological polar surface area (TPSA) is 78.9 Å². The van der Waals surface area contributed by atoms with E-state index in [1.807, 2.05) is 117 Å². The third-order valence-electron chi connectivity index (χ3n) is 8.64. The summed E-state index contributed by atoms with van der Waals surface area (Å²) in [6.45, 7) is 18.5. The number of carbonyl (C=O) groups is 3. The highest BCUT2D eigenvalue weighted by atomic mass is 32.2. The van der Waals surface area contributed by atoms with Crippen molar-refractivity contribution in [3.05, 3.63) is 163 Å². The third kappa shape index (κ3) is 22.8. The Kier molecular flexibility index (Phi) is 29.3. The molecule has 0 saturated heterocycles. The molecule has 4 rings (SSSR count). The van der Waals surface area contributed by atoms with E-state index >= 15 is 0 Å². The second kappa shape index (κ2) is 33.2. The van der Waals surface area contributed by atoms with Gasteiger partial charge in [-0.2, -0.15) is 0 Å². The zero-order valence-electron chi connectivity index (χ0n) is 35.2. The highest BCUT2D eigenvalue weighted by molar-refractivity contribution is 8.24. The zero-order valence-corrected chi connectivity index (χ0v) is 36.8. The number of hydrogen-bond acceptors (Lipinski definition) is 8. The first-order valence-electron chi connectivity index (χ1n) is 20.3. The number of carbonyl (C=O) groups excluding carboxylic acids is 3. The molecule has 8 heteroatoms. The minimum atomic E-state index is -0.432. The van der Waals surface area contributed by atoms with Crippen LogP contribution in [-0.2, 0) is 28.6 Å². The van der Waals surface area contributed by atoms with Gasteiger partial charge in [0.25, 0.3) is 0 Å². The average Bonchev–Trinajstić information content (AvgIpc) is 3.27. The Morgan fingerprint density at radius 1 is 0.655 bits per heavy atom. The van der Waals surface area contributed by atoms with Crippen LogP contribution in [0.3, 0.4) is 0 Å². The monoisotopic (exact) mass is 824 g/mol. The molecule has 0 spiro atoms. The maximum absolute atomic E-state index is 12.2. The molecule has 3 atom stereocenters. The van der Waals surface area contributed by atoms with Gasteiger partial charge in [0.05, 0.1) is 29.9 Å². The van der Waals surface area contributed by atoms with E-state index in [2.05, 4.69) is 56.0 Å². The maximum Gasteiger partial charge on any atom is 0.330 e. The summed E-state index contributed by atoms with van der Waals surface area (Å²) in [7, 11) is 0. The molecular weight excluding hydrogens is 761 g/mol. The van der Waals surface area contributed by atoms with Crippen LogP contribution in [0.4, 0.5) is 0 Å². The van der Waals surface area contributed by atoms with Crippen molar-refractivity contribution in [1.82, 2.24) is 0 Å². The highest BCUT2D eigenvalue weighted by Gasteiger charge is 2.24. The number of rotatable bonds is 19. The van der Waals surface area contributed by atoms with Crippen molar-refractivity contribution < 1.29 is 28.6 Å². The van der Waals surface area contributed by atoms with Crippen LogP contribution in [0.25, 0.3) is 6.08 Å². The predicted octanol–water partition coefficient (Wildman–Crippen LogP) is 13.2. The molecule has 58 heavy (non-hydrogen) atoms. The van der Waals surface area contributed by atoms with Crippen LogP contribution >= 0.6 is 24.0 Å². The Hall–Kier alpha value is -4.79. The quantitative estimate of drug-likeness (QED) is 0.0304. The van der Waals surface area contributed by atoms with Gasteiger partial charge >= 0.3 is 17.9 Å². The summed E-state index contributed by atoms with van der Waals surface area (Å²) in [5.41, 5.74) is 4.40. The molecule has 0 aliphatic carbocycles. The zero-order chi connectivity index (χ0) is 42.8. The van der Waals surface area contributed by atoms with Crippen LogP contribution in [0.1, 0.15) is 113 Å². The highest BCUT2D eigenvalue weighted by Crippen LogP contribution is 2.33. The van der Waals surface area contributed by atoms with Crippen LogP contribution in [-0.4, -0.2) is 41.9 Å². The Labute approximate surface area is 358 Å². The second-order valence-electron chi connectivity index (χ2n) is 13.2. The molecule has 312 valence electrons. The van der Waals surface area contributed by atoms with Crippen molar-refractivity contribution in [1.29, 1.82) is 0 Å². The number of hydrogen-bond donors (Lipinski definition) is 0. The standard InChI is InChI=1S/C18H28O2.C17H16O2S2.C8H8.C7H12O2/c1-4-6-14-20-18(19)15(3)12-13-16(5-2)17-10-8-7-9-11-17;1-2-19-16(18)15(13-9-5-3-6-10-13)21-17(20)14-11-7-4-8-12-14;1-2-8-6-4-3-5-7-8;1-3-5-6-9-7(8)4-2/h7-11,15-16H,4-6,12-14H2,1-3H3;3-12,15H,2H2,1H3;2-7H,1H2;4H,2-3,5-6H2,1H3. The van der Waals surface area contributed by atoms with Gasteiger partial charge in [0.2, 0.25) is 0 Å². The first-order valence-corrected chi connectivity index (χ1v) is 21.6. The minimum Gasteiger partial charge on any atom is -0.465 e. The van der Waals surface area contributed by atoms with Gasteiger partial charge in [0.15, 0.2) is 0 Å². The molecule has 0 bridgehead atoms. The number of esters is 3. The predicted molar refractivity (Wildman–Crippen MR) is 248 cm³/mol. The van der Waals surface area contributed by atoms with Gasteiger partial charge in [0, 0.05) is 6.08 Å². The summed E-state index contributed by atoms with van der Waals surface area (Å²) in [6.07, 6.45) is 10.1. The van der Waals surface area contributed by atoms with Crippen molar-refractivity contribution in [2.24, 2.45) is 5.92 Å². The molecule has 0 N–H and O–H groups in total. The summed E-state index contributed by atoms with van der Waals surface area (Å²) in [6, 6.07) is 39.9. The summed E-state index contributed by atoms with van der Waals surface area (Å²) >= 11 is 6.81. The average molecular weight is 825 g/mol. The van der Waals surface area contributed by atoms with Gasteiger partial charge in [-0.05, 0) is 67.2 Å². The van der Waals surface area contributed by atoms with Gasteiger partial charge in [-0.15, -0.1) is 0 Å². The lowest BCUT2D eigenvalue weighted by Crippen LogP contribution is -2.16. The molecule has 0 amide bonds. The van der Waals surface area contributed by atoms with E-state index in [0.29, 0.717) is 29.9 Å². The summed E-state index contributed by atoms with van der Waals surface area (Å²) in [5, 5.41) is -0.432. The van der Waals surface area contributed by atoms with Gasteiger partial charge in [0.1, 0.15) is 5.25 Å². The molecule has 6 nitrogen and oxygen atoms in total. The van der Waals surface area contributed by atoms with Crippen molar-refractivity contribution in [2.45, 2.75) is 90.7 Å². The minimum absolute atomic E-state index is 0.00428. The largest absolute Gasteiger partial charge is 0.465 e. The van der Waals surface area contributed by atoms with E-state index in [1.54, 1.807) is 6.92 Å². The normalized spacial score (nSPS) is 11.5. The van der Waals surface area contributed by atoms with E-state index in [4.69, 9.17) is 21.7 Å². The fraction of sp³-hybridized carbons (Fsp3) is 0.360. The van der Waals surface area contributed by atoms with E-state index in [9.17, 15) is 14.4 Å². The number of unbranched alkanes of at least 4 members (excludes halogenated alkanes) is 2. The van der Waals surface area contributed by atoms with Crippen molar-refractivity contribution >= 4 is 52.2 Å². The van der Waals surface area contributed by atoms with E-state index in [1.165, 1.54) is 29.0 Å². The molecule has 0 saturated carbocycles. The molecule has 4 aromatic rings. The molecule has 0 aromatic heterocycles. The third-order valence-corrected chi connectivity index (χ3v) is 10.3. The fourth-order valence-electron chi connectivity index (χ4n) is 5.17. The van der Waals surface area contributed by atoms with E-state index in [-0.39, 0.29) is 23.8 Å². The summed E-state index contributed by atoms with van der Waals surface area (Å²) in [4.78, 5) is 34.4. The number of thiocarbonyl (C=S) groups is 1. The fourth-order valence-corrected chi connectivity index (χ4v) is 6.54. The first kappa shape index (κ1) is 51.2. The number of ether oxygens (including phenoxy) is 3. The Balaban J connectivity index is 0.000000419. The molecule has 0 aliphatic heterocycles. The second-order valence-corrected chi connectivity index (χ2v) is 15.0. The van der Waals surface area contributed by atoms with Crippen LogP contribution < -0.4 is 0 Å². The van der Waals surface area contributed by atoms with Crippen LogP contribution in [0.5, 0.6) is 0 Å². The lowest BCUT2D eigenvalue weighted by molar-refractivity contribution is -0.148. The molecule has 4 aromatic carbocycles. The van der Waals surface area contributed by atoms with Crippen LogP contribution in [0, 0.1) is 5.92 Å². The van der Waals surface area contributed by atoms with Gasteiger partial charge in [-0.1, -0.05) is 205 Å². The lowest BCUT2D eigenvalue weighted by Gasteiger charge is -2.17. The van der Waals surface area contributed by atoms with Gasteiger partial charge in [-0.3, -0.25) is 9.59 Å².